The van der Waals surface area contributed by atoms with Crippen molar-refractivity contribution in [2.24, 2.45) is 0 Å². The maximum Gasteiger partial charge on any atom is 0.265 e. The number of ether oxygens (including phenoxy) is 1. The molecule has 0 radical (unpaired) electrons. The van der Waals surface area contributed by atoms with E-state index in [1.807, 2.05) is 0 Å². The first kappa shape index (κ1) is 16.1. The molecule has 0 fully saturated rings. The zero-order chi connectivity index (χ0) is 16.2. The monoisotopic (exact) mass is 315 g/mol. The van der Waals surface area contributed by atoms with E-state index in [0.717, 1.165) is 10.6 Å². The number of carbonyl (C=O) groups is 1. The van der Waals surface area contributed by atoms with Gasteiger partial charge in [-0.25, -0.2) is 0 Å². The summed E-state index contributed by atoms with van der Waals surface area (Å²) in [5.41, 5.74) is -0.349. The van der Waals surface area contributed by atoms with Crippen molar-refractivity contribution in [1.82, 2.24) is 0 Å². The van der Waals surface area contributed by atoms with Crippen LogP contribution in [0, 0.1) is 11.8 Å². The molecule has 0 saturated carbocycles. The third-order valence-corrected chi connectivity index (χ3v) is 3.67. The Morgan fingerprint density at radius 1 is 1.23 bits per heavy atom. The largest absolute Gasteiger partial charge is 0.497 e. The van der Waals surface area contributed by atoms with Crippen LogP contribution >= 0.6 is 11.3 Å². The summed E-state index contributed by atoms with van der Waals surface area (Å²) in [7, 11) is 1.59. The van der Waals surface area contributed by atoms with E-state index in [9.17, 15) is 9.90 Å². The predicted molar refractivity (Wildman–Crippen MR) is 88.4 cm³/mol. The van der Waals surface area contributed by atoms with Gasteiger partial charge in [0, 0.05) is 5.69 Å². The number of benzene rings is 1. The smallest absolute Gasteiger partial charge is 0.265 e. The molecule has 0 bridgehead atoms. The Morgan fingerprint density at radius 2 is 1.91 bits per heavy atom. The molecule has 5 heteroatoms. The molecule has 1 aromatic carbocycles. The summed E-state index contributed by atoms with van der Waals surface area (Å²) in [4.78, 5) is 13.5. The second-order valence-electron chi connectivity index (χ2n) is 5.16. The minimum Gasteiger partial charge on any atom is -0.497 e. The lowest BCUT2D eigenvalue weighted by Crippen LogP contribution is -2.14. The number of amides is 1. The number of rotatable bonds is 3. The van der Waals surface area contributed by atoms with E-state index in [1.165, 1.54) is 11.3 Å². The molecule has 0 aliphatic carbocycles. The van der Waals surface area contributed by atoms with Gasteiger partial charge in [0.1, 0.15) is 11.4 Å². The van der Waals surface area contributed by atoms with Gasteiger partial charge < -0.3 is 15.2 Å². The highest BCUT2D eigenvalue weighted by Gasteiger charge is 2.10. The second-order valence-corrected chi connectivity index (χ2v) is 6.24. The quantitative estimate of drug-likeness (QED) is 0.856. The highest BCUT2D eigenvalue weighted by atomic mass is 32.1. The van der Waals surface area contributed by atoms with Crippen LogP contribution in [0.15, 0.2) is 36.4 Å². The molecule has 1 amide bonds. The minimum atomic E-state index is -1.05. The van der Waals surface area contributed by atoms with Crippen molar-refractivity contribution in [2.45, 2.75) is 19.4 Å². The van der Waals surface area contributed by atoms with Gasteiger partial charge in [0.2, 0.25) is 0 Å². The van der Waals surface area contributed by atoms with E-state index in [0.29, 0.717) is 10.6 Å². The van der Waals surface area contributed by atoms with Crippen LogP contribution in [-0.4, -0.2) is 23.7 Å². The van der Waals surface area contributed by atoms with Gasteiger partial charge in [0.25, 0.3) is 5.91 Å². The number of carbonyl (C=O) groups excluding carboxylic acids is 1. The number of thiophene rings is 1. The SMILES string of the molecule is COc1ccc(NC(=O)c2ccc(C#CC(C)(C)O)s2)cc1. The molecular weight excluding hydrogens is 298 g/mol. The third-order valence-electron chi connectivity index (χ3n) is 2.67. The van der Waals surface area contributed by atoms with Gasteiger partial charge >= 0.3 is 0 Å². The molecular formula is C17H17NO3S. The zero-order valence-corrected chi connectivity index (χ0v) is 13.5. The van der Waals surface area contributed by atoms with Crippen LogP contribution < -0.4 is 10.1 Å². The van der Waals surface area contributed by atoms with Gasteiger partial charge in [0.15, 0.2) is 0 Å². The average Bonchev–Trinajstić information content (AvgIpc) is 2.94. The highest BCUT2D eigenvalue weighted by molar-refractivity contribution is 7.14. The van der Waals surface area contributed by atoms with Gasteiger partial charge in [-0.2, -0.15) is 0 Å². The van der Waals surface area contributed by atoms with Gasteiger partial charge in [-0.05, 0) is 50.2 Å². The van der Waals surface area contributed by atoms with Gasteiger partial charge in [-0.1, -0.05) is 11.8 Å². The van der Waals surface area contributed by atoms with E-state index >= 15 is 0 Å². The first-order valence-electron chi connectivity index (χ1n) is 6.68. The Bertz CT molecular complexity index is 715. The van der Waals surface area contributed by atoms with E-state index in [-0.39, 0.29) is 5.91 Å². The molecule has 2 rings (SSSR count). The van der Waals surface area contributed by atoms with Crippen LogP contribution in [0.5, 0.6) is 5.75 Å². The van der Waals surface area contributed by atoms with Gasteiger partial charge in [-0.15, -0.1) is 11.3 Å². The molecule has 22 heavy (non-hydrogen) atoms. The number of anilines is 1. The zero-order valence-electron chi connectivity index (χ0n) is 12.6. The van der Waals surface area contributed by atoms with Crippen molar-refractivity contribution in [1.29, 1.82) is 0 Å². The van der Waals surface area contributed by atoms with Gasteiger partial charge in [0.05, 0.1) is 16.9 Å². The topological polar surface area (TPSA) is 58.6 Å². The normalized spacial score (nSPS) is 10.5. The lowest BCUT2D eigenvalue weighted by atomic mass is 10.1. The summed E-state index contributed by atoms with van der Waals surface area (Å²) in [6.45, 7) is 3.23. The molecule has 1 heterocycles. The fourth-order valence-corrected chi connectivity index (χ4v) is 2.36. The number of methoxy groups -OCH3 is 1. The Balaban J connectivity index is 2.06. The molecule has 0 atom stereocenters. The van der Waals surface area contributed by atoms with Crippen molar-refractivity contribution < 1.29 is 14.6 Å². The molecule has 0 unspecified atom stereocenters. The maximum atomic E-state index is 12.2. The first-order chi connectivity index (χ1) is 10.4. The molecule has 4 nitrogen and oxygen atoms in total. The third kappa shape index (κ3) is 4.62. The molecule has 0 aliphatic rings. The molecule has 1 aromatic heterocycles. The van der Waals surface area contributed by atoms with Crippen molar-refractivity contribution >= 4 is 22.9 Å². The number of aliphatic hydroxyl groups is 1. The van der Waals surface area contributed by atoms with E-state index in [1.54, 1.807) is 57.4 Å². The van der Waals surface area contributed by atoms with E-state index in [4.69, 9.17) is 4.74 Å². The summed E-state index contributed by atoms with van der Waals surface area (Å²) in [6.07, 6.45) is 0. The fraction of sp³-hybridized carbons (Fsp3) is 0.235. The number of nitrogens with one attached hydrogen (secondary N) is 1. The van der Waals surface area contributed by atoms with Crippen molar-refractivity contribution in [2.75, 3.05) is 12.4 Å². The van der Waals surface area contributed by atoms with Crippen LogP contribution in [0.25, 0.3) is 0 Å². The summed E-state index contributed by atoms with van der Waals surface area (Å²) in [5, 5.41) is 12.4. The van der Waals surface area contributed by atoms with Crippen LogP contribution in [0.3, 0.4) is 0 Å². The molecule has 0 aliphatic heterocycles. The highest BCUT2D eigenvalue weighted by Crippen LogP contribution is 2.19. The Morgan fingerprint density at radius 3 is 2.50 bits per heavy atom. The first-order valence-corrected chi connectivity index (χ1v) is 7.50. The van der Waals surface area contributed by atoms with Crippen molar-refractivity contribution in [3.8, 4) is 17.6 Å². The Kier molecular flexibility index (Phi) is 4.86. The standard InChI is InChI=1S/C17H17NO3S/c1-17(2,20)11-10-14-8-9-15(22-14)16(19)18-12-4-6-13(21-3)7-5-12/h4-9,20H,1-3H3,(H,18,19). The summed E-state index contributed by atoms with van der Waals surface area (Å²) < 4.78 is 5.07. The minimum absolute atomic E-state index is 0.188. The maximum absolute atomic E-state index is 12.2. The molecule has 0 saturated heterocycles. The van der Waals surface area contributed by atoms with Crippen molar-refractivity contribution in [3.63, 3.8) is 0 Å². The second kappa shape index (κ2) is 6.65. The fourth-order valence-electron chi connectivity index (χ4n) is 1.61. The Hall–Kier alpha value is -2.29. The van der Waals surface area contributed by atoms with Crippen molar-refractivity contribution in [3.05, 3.63) is 46.2 Å². The van der Waals surface area contributed by atoms with E-state index in [2.05, 4.69) is 17.2 Å². The molecule has 2 N–H and O–H groups in total. The molecule has 114 valence electrons. The van der Waals surface area contributed by atoms with Crippen LogP contribution in [0.1, 0.15) is 28.4 Å². The number of hydrogen-bond donors (Lipinski definition) is 2. The van der Waals surface area contributed by atoms with Crippen LogP contribution in [0.4, 0.5) is 5.69 Å². The van der Waals surface area contributed by atoms with Gasteiger partial charge in [-0.3, -0.25) is 4.79 Å². The van der Waals surface area contributed by atoms with E-state index < -0.39 is 5.60 Å². The average molecular weight is 315 g/mol. The lowest BCUT2D eigenvalue weighted by Gasteiger charge is -2.05. The lowest BCUT2D eigenvalue weighted by molar-refractivity contribution is 0.103. The van der Waals surface area contributed by atoms with Crippen LogP contribution in [-0.2, 0) is 0 Å². The number of hydrogen-bond acceptors (Lipinski definition) is 4. The molecule has 2 aromatic rings. The summed E-state index contributed by atoms with van der Waals surface area (Å²) in [6, 6.07) is 10.6. The summed E-state index contributed by atoms with van der Waals surface area (Å²) >= 11 is 1.29. The summed E-state index contributed by atoms with van der Waals surface area (Å²) in [5.74, 6) is 6.13. The Labute approximate surface area is 133 Å². The predicted octanol–water partition coefficient (Wildman–Crippen LogP) is 3.13. The molecule has 0 spiro atoms. The van der Waals surface area contributed by atoms with Crippen LogP contribution in [0.2, 0.25) is 0 Å².